The Kier molecular flexibility index (Phi) is 10.8. The van der Waals surface area contributed by atoms with Gasteiger partial charge in [-0.05, 0) is 24.6 Å². The highest BCUT2D eigenvalue weighted by molar-refractivity contribution is 7.14. The first-order chi connectivity index (χ1) is 14.0. The van der Waals surface area contributed by atoms with E-state index in [9.17, 15) is 14.0 Å². The van der Waals surface area contributed by atoms with Crippen molar-refractivity contribution >= 4 is 40.8 Å². The van der Waals surface area contributed by atoms with E-state index in [-0.39, 0.29) is 6.42 Å². The highest BCUT2D eigenvalue weighted by Crippen LogP contribution is 2.35. The van der Waals surface area contributed by atoms with Crippen LogP contribution in [0.4, 0.5) is 10.1 Å². The number of carbonyl (C=O) groups excluding carboxylic acids is 2. The molecule has 0 spiro atoms. The minimum Gasteiger partial charge on any atom is -0.400 e. The number of thiophene rings is 1. The van der Waals surface area contributed by atoms with Crippen molar-refractivity contribution in [2.24, 2.45) is 0 Å². The van der Waals surface area contributed by atoms with E-state index in [4.69, 9.17) is 16.7 Å². The molecule has 7 heteroatoms. The van der Waals surface area contributed by atoms with Crippen LogP contribution in [0, 0.1) is 0 Å². The standard InChI is InChI=1S/C21H19ClFNO2S.CH4O/c1-3-4-5-6-14(2)11-18(23)21(26)24-19-13-27-20(17(19)12-25)15-7-9-16(22)10-8-15;1-2/h3-10,12-13,18H,1,11H2,2H3,(H,24,26);2H,1H3/b5-4-,14-6+;. The molecule has 0 aliphatic heterocycles. The first-order valence-corrected chi connectivity index (χ1v) is 9.89. The second-order valence-corrected chi connectivity index (χ2v) is 7.13. The van der Waals surface area contributed by atoms with Gasteiger partial charge >= 0.3 is 0 Å². The molecule has 154 valence electrons. The molecule has 4 nitrogen and oxygen atoms in total. The number of aliphatic hydroxyl groups is 1. The molecule has 2 rings (SSSR count). The number of benzene rings is 1. The molecule has 1 heterocycles. The van der Waals surface area contributed by atoms with Crippen molar-refractivity contribution in [2.45, 2.75) is 19.5 Å². The predicted molar refractivity (Wildman–Crippen MR) is 120 cm³/mol. The van der Waals surface area contributed by atoms with Crippen LogP contribution in [0.5, 0.6) is 0 Å². The van der Waals surface area contributed by atoms with Gasteiger partial charge in [0.05, 0.1) is 11.3 Å². The van der Waals surface area contributed by atoms with Crippen molar-refractivity contribution in [2.75, 3.05) is 12.4 Å². The Balaban J connectivity index is 0.00000204. The Bertz CT molecular complexity index is 888. The number of rotatable bonds is 8. The first-order valence-electron chi connectivity index (χ1n) is 8.63. The number of hydrogen-bond acceptors (Lipinski definition) is 4. The Morgan fingerprint density at radius 3 is 2.55 bits per heavy atom. The SMILES string of the molecule is C=C/C=C\C=C(/C)CC(F)C(=O)Nc1csc(-c2ccc(Cl)cc2)c1C=O.CO. The molecular weight excluding hydrogens is 413 g/mol. The topological polar surface area (TPSA) is 66.4 Å². The van der Waals surface area contributed by atoms with Gasteiger partial charge in [0.25, 0.3) is 5.91 Å². The fraction of sp³-hybridized carbons (Fsp3) is 0.182. The van der Waals surface area contributed by atoms with Gasteiger partial charge in [-0.15, -0.1) is 11.3 Å². The summed E-state index contributed by atoms with van der Waals surface area (Å²) in [6.45, 7) is 5.29. The molecule has 0 bridgehead atoms. The fourth-order valence-corrected chi connectivity index (χ4v) is 3.46. The number of anilines is 1. The third kappa shape index (κ3) is 7.42. The molecule has 0 saturated carbocycles. The van der Waals surface area contributed by atoms with Crippen molar-refractivity contribution in [1.82, 2.24) is 0 Å². The molecule has 0 aliphatic carbocycles. The van der Waals surface area contributed by atoms with Crippen LogP contribution in [0.2, 0.25) is 5.02 Å². The number of amides is 1. The molecule has 29 heavy (non-hydrogen) atoms. The summed E-state index contributed by atoms with van der Waals surface area (Å²) in [6.07, 6.45) is 5.70. The number of carbonyl (C=O) groups is 2. The summed E-state index contributed by atoms with van der Waals surface area (Å²) in [4.78, 5) is 24.4. The lowest BCUT2D eigenvalue weighted by Crippen LogP contribution is -2.24. The maximum atomic E-state index is 14.3. The van der Waals surface area contributed by atoms with E-state index in [2.05, 4.69) is 11.9 Å². The highest BCUT2D eigenvalue weighted by Gasteiger charge is 2.21. The van der Waals surface area contributed by atoms with Crippen molar-refractivity contribution in [1.29, 1.82) is 0 Å². The molecule has 2 N–H and O–H groups in total. The Morgan fingerprint density at radius 2 is 1.97 bits per heavy atom. The van der Waals surface area contributed by atoms with E-state index in [1.165, 1.54) is 11.3 Å². The van der Waals surface area contributed by atoms with Crippen LogP contribution in [0.1, 0.15) is 23.7 Å². The minimum atomic E-state index is -1.71. The molecule has 0 fully saturated rings. The van der Waals surface area contributed by atoms with E-state index in [0.717, 1.165) is 18.2 Å². The van der Waals surface area contributed by atoms with Crippen LogP contribution in [0.3, 0.4) is 0 Å². The Morgan fingerprint density at radius 1 is 1.31 bits per heavy atom. The maximum Gasteiger partial charge on any atom is 0.259 e. The van der Waals surface area contributed by atoms with E-state index < -0.39 is 12.1 Å². The van der Waals surface area contributed by atoms with Crippen LogP contribution < -0.4 is 5.32 Å². The van der Waals surface area contributed by atoms with Crippen LogP contribution >= 0.6 is 22.9 Å². The fourth-order valence-electron chi connectivity index (χ4n) is 2.36. The van der Waals surface area contributed by atoms with Crippen LogP contribution in [-0.2, 0) is 4.79 Å². The lowest BCUT2D eigenvalue weighted by atomic mass is 10.1. The van der Waals surface area contributed by atoms with Gasteiger partial charge < -0.3 is 10.4 Å². The second-order valence-electron chi connectivity index (χ2n) is 5.81. The number of allylic oxidation sites excluding steroid dienone is 5. The van der Waals surface area contributed by atoms with Gasteiger partial charge in [-0.1, -0.05) is 60.2 Å². The maximum absolute atomic E-state index is 14.3. The smallest absolute Gasteiger partial charge is 0.259 e. The summed E-state index contributed by atoms with van der Waals surface area (Å²) in [6, 6.07) is 7.01. The molecule has 1 unspecified atom stereocenters. The number of aliphatic hydroxyl groups excluding tert-OH is 1. The van der Waals surface area contributed by atoms with Crippen LogP contribution in [0.15, 0.2) is 66.1 Å². The van der Waals surface area contributed by atoms with Crippen LogP contribution in [0.25, 0.3) is 10.4 Å². The second kappa shape index (κ2) is 12.8. The third-order valence-electron chi connectivity index (χ3n) is 3.73. The summed E-state index contributed by atoms with van der Waals surface area (Å²) in [5, 5.41) is 11.7. The zero-order valence-electron chi connectivity index (χ0n) is 16.2. The zero-order chi connectivity index (χ0) is 21.8. The molecule has 1 atom stereocenters. The monoisotopic (exact) mass is 435 g/mol. The van der Waals surface area contributed by atoms with E-state index in [1.54, 1.807) is 60.9 Å². The van der Waals surface area contributed by atoms with Gasteiger partial charge in [-0.3, -0.25) is 9.59 Å². The van der Waals surface area contributed by atoms with Gasteiger partial charge in [0.15, 0.2) is 12.5 Å². The van der Waals surface area contributed by atoms with Crippen molar-refractivity contribution < 1.29 is 19.1 Å². The molecule has 2 aromatic rings. The molecule has 1 amide bonds. The predicted octanol–water partition coefficient (Wildman–Crippen LogP) is 5.84. The van der Waals surface area contributed by atoms with E-state index in [0.29, 0.717) is 27.4 Å². The molecule has 1 aromatic heterocycles. The largest absolute Gasteiger partial charge is 0.400 e. The summed E-state index contributed by atoms with van der Waals surface area (Å²) in [5.41, 5.74) is 2.15. The molecular formula is C22H23ClFNO3S. The van der Waals surface area contributed by atoms with Crippen molar-refractivity contribution in [3.05, 3.63) is 76.7 Å². The van der Waals surface area contributed by atoms with E-state index >= 15 is 0 Å². The first kappa shape index (κ1) is 24.5. The van der Waals surface area contributed by atoms with E-state index in [1.807, 2.05) is 0 Å². The highest BCUT2D eigenvalue weighted by atomic mass is 35.5. The van der Waals surface area contributed by atoms with Gasteiger partial charge in [0.2, 0.25) is 0 Å². The number of hydrogen-bond donors (Lipinski definition) is 2. The average Bonchev–Trinajstić information content (AvgIpc) is 3.12. The third-order valence-corrected chi connectivity index (χ3v) is 5.02. The molecule has 1 aromatic carbocycles. The zero-order valence-corrected chi connectivity index (χ0v) is 17.8. The summed E-state index contributed by atoms with van der Waals surface area (Å²) >= 11 is 7.18. The van der Waals surface area contributed by atoms with Crippen molar-refractivity contribution in [3.8, 4) is 10.4 Å². The molecule has 0 radical (unpaired) electrons. The normalized spacial score (nSPS) is 12.1. The lowest BCUT2D eigenvalue weighted by molar-refractivity contribution is -0.120. The van der Waals surface area contributed by atoms with Gasteiger partial charge in [0.1, 0.15) is 0 Å². The molecule has 0 aliphatic rings. The average molecular weight is 436 g/mol. The summed E-state index contributed by atoms with van der Waals surface area (Å²) in [5.74, 6) is -0.779. The summed E-state index contributed by atoms with van der Waals surface area (Å²) < 4.78 is 14.3. The number of alkyl halides is 1. The Labute approximate surface area is 179 Å². The minimum absolute atomic E-state index is 0.0298. The van der Waals surface area contributed by atoms with Gasteiger partial charge in [0, 0.05) is 28.8 Å². The summed E-state index contributed by atoms with van der Waals surface area (Å²) in [7, 11) is 1.00. The van der Waals surface area contributed by atoms with Gasteiger partial charge in [-0.2, -0.15) is 0 Å². The Hall–Kier alpha value is -2.54. The van der Waals surface area contributed by atoms with Crippen molar-refractivity contribution in [3.63, 3.8) is 0 Å². The molecule has 0 saturated heterocycles. The quantitative estimate of drug-likeness (QED) is 0.404. The number of aldehydes is 1. The lowest BCUT2D eigenvalue weighted by Gasteiger charge is -2.09. The van der Waals surface area contributed by atoms with Crippen LogP contribution in [-0.4, -0.2) is 30.6 Å². The van der Waals surface area contributed by atoms with Gasteiger partial charge in [-0.25, -0.2) is 4.39 Å². The number of nitrogens with one attached hydrogen (secondary N) is 1. The number of halogens is 2.